The van der Waals surface area contributed by atoms with Gasteiger partial charge in [0.05, 0.1) is 0 Å². The third-order valence-corrected chi connectivity index (χ3v) is 6.38. The van der Waals surface area contributed by atoms with Gasteiger partial charge in [-0.05, 0) is 50.2 Å². The topological polar surface area (TPSA) is 78.7 Å². The number of hydrogen-bond donors (Lipinski definition) is 1. The molecule has 1 N–H and O–H groups in total. The number of anilines is 1. The van der Waals surface area contributed by atoms with Gasteiger partial charge < -0.3 is 15.1 Å². The number of fused-ring (bicyclic) bond motifs is 1. The van der Waals surface area contributed by atoms with Crippen LogP contribution in [0.25, 0.3) is 17.0 Å². The zero-order chi connectivity index (χ0) is 22.5. The number of benzene rings is 1. The lowest BCUT2D eigenvalue weighted by atomic mass is 9.96. The van der Waals surface area contributed by atoms with Gasteiger partial charge in [0.1, 0.15) is 5.82 Å². The number of rotatable bonds is 8. The number of nitrogens with one attached hydrogen (secondary N) is 1. The van der Waals surface area contributed by atoms with E-state index in [0.29, 0.717) is 23.0 Å². The molecule has 1 amide bonds. The third kappa shape index (κ3) is 5.02. The van der Waals surface area contributed by atoms with Crippen LogP contribution >= 0.6 is 11.6 Å². The van der Waals surface area contributed by atoms with E-state index in [2.05, 4.69) is 39.2 Å². The summed E-state index contributed by atoms with van der Waals surface area (Å²) in [6.45, 7) is 9.49. The first kappa shape index (κ1) is 22.5. The number of piperidine rings is 1. The summed E-state index contributed by atoms with van der Waals surface area (Å²) in [6, 6.07) is 11.4. The Morgan fingerprint density at radius 3 is 2.66 bits per heavy atom. The average molecular weight is 456 g/mol. The maximum atomic E-state index is 12.6. The van der Waals surface area contributed by atoms with Crippen molar-refractivity contribution in [3.8, 4) is 11.4 Å². The van der Waals surface area contributed by atoms with E-state index in [0.717, 1.165) is 56.9 Å². The summed E-state index contributed by atoms with van der Waals surface area (Å²) >= 11 is 6.15. The molecule has 170 valence electrons. The van der Waals surface area contributed by atoms with Gasteiger partial charge in [-0.2, -0.15) is 4.52 Å². The quantitative estimate of drug-likeness (QED) is 0.562. The van der Waals surface area contributed by atoms with Gasteiger partial charge >= 0.3 is 0 Å². The monoisotopic (exact) mass is 455 g/mol. The van der Waals surface area contributed by atoms with Crippen molar-refractivity contribution in [2.75, 3.05) is 44.2 Å². The van der Waals surface area contributed by atoms with E-state index in [1.807, 2.05) is 36.4 Å². The molecule has 1 fully saturated rings. The number of carbonyl (C=O) groups is 1. The fraction of sp³-hybridized carbons (Fsp3) is 0.478. The zero-order valence-electron chi connectivity index (χ0n) is 18.7. The summed E-state index contributed by atoms with van der Waals surface area (Å²) in [7, 11) is 0. The Hall–Kier alpha value is -2.71. The first-order valence-electron chi connectivity index (χ1n) is 11.3. The number of hydrogen-bond acceptors (Lipinski definition) is 6. The van der Waals surface area contributed by atoms with Crippen molar-refractivity contribution >= 4 is 29.0 Å². The summed E-state index contributed by atoms with van der Waals surface area (Å²) in [5.41, 5.74) is 1.56. The number of halogens is 1. The molecule has 32 heavy (non-hydrogen) atoms. The van der Waals surface area contributed by atoms with Crippen molar-refractivity contribution in [1.29, 1.82) is 0 Å². The lowest BCUT2D eigenvalue weighted by Gasteiger charge is -2.32. The normalized spacial score (nSPS) is 14.9. The second kappa shape index (κ2) is 10.3. The molecular weight excluding hydrogens is 426 g/mol. The van der Waals surface area contributed by atoms with Crippen molar-refractivity contribution in [2.24, 2.45) is 5.92 Å². The van der Waals surface area contributed by atoms with Crippen LogP contribution in [0, 0.1) is 5.92 Å². The van der Waals surface area contributed by atoms with Gasteiger partial charge in [0.2, 0.25) is 5.91 Å². The van der Waals surface area contributed by atoms with Crippen LogP contribution < -0.4 is 10.2 Å². The highest BCUT2D eigenvalue weighted by molar-refractivity contribution is 6.30. The molecule has 0 atom stereocenters. The Balaban J connectivity index is 1.39. The largest absolute Gasteiger partial charge is 0.355 e. The van der Waals surface area contributed by atoms with Crippen LogP contribution in [0.3, 0.4) is 0 Å². The van der Waals surface area contributed by atoms with E-state index in [9.17, 15) is 4.79 Å². The molecule has 3 aromatic rings. The van der Waals surface area contributed by atoms with Crippen LogP contribution in [0.5, 0.6) is 0 Å². The predicted octanol–water partition coefficient (Wildman–Crippen LogP) is 3.12. The highest BCUT2D eigenvalue weighted by Gasteiger charge is 2.26. The van der Waals surface area contributed by atoms with Crippen molar-refractivity contribution in [3.63, 3.8) is 0 Å². The molecular formula is C23H30ClN7O. The van der Waals surface area contributed by atoms with Gasteiger partial charge in [-0.25, -0.2) is 0 Å². The van der Waals surface area contributed by atoms with E-state index < -0.39 is 0 Å². The molecule has 1 saturated heterocycles. The summed E-state index contributed by atoms with van der Waals surface area (Å²) in [6.07, 6.45) is 1.64. The molecule has 9 heteroatoms. The maximum absolute atomic E-state index is 12.6. The Kier molecular flexibility index (Phi) is 7.22. The highest BCUT2D eigenvalue weighted by atomic mass is 35.5. The van der Waals surface area contributed by atoms with Crippen LogP contribution in [0.1, 0.15) is 26.7 Å². The molecule has 0 unspecified atom stereocenters. The number of carbonyl (C=O) groups excluding carboxylic acids is 1. The first-order valence-corrected chi connectivity index (χ1v) is 11.7. The Morgan fingerprint density at radius 1 is 1.16 bits per heavy atom. The molecule has 1 aliphatic heterocycles. The molecule has 0 bridgehead atoms. The maximum Gasteiger partial charge on any atom is 0.223 e. The smallest absolute Gasteiger partial charge is 0.223 e. The van der Waals surface area contributed by atoms with Crippen LogP contribution in [0.2, 0.25) is 5.02 Å². The van der Waals surface area contributed by atoms with Gasteiger partial charge in [-0.3, -0.25) is 4.79 Å². The molecule has 0 radical (unpaired) electrons. The molecule has 4 rings (SSSR count). The molecule has 0 saturated carbocycles. The van der Waals surface area contributed by atoms with Crippen molar-refractivity contribution < 1.29 is 4.79 Å². The molecule has 2 aromatic heterocycles. The van der Waals surface area contributed by atoms with Crippen LogP contribution in [0.15, 0.2) is 36.4 Å². The lowest BCUT2D eigenvalue weighted by molar-refractivity contribution is -0.125. The van der Waals surface area contributed by atoms with E-state index in [1.165, 1.54) is 0 Å². The summed E-state index contributed by atoms with van der Waals surface area (Å²) in [5.74, 6) is 1.75. The standard InChI is InChI=1S/C23H30ClN7O/c1-3-29(4-2)15-12-25-23(32)17-10-13-30(14-11-17)21-9-8-20-26-27-22(31(20)28-21)18-6-5-7-19(24)16-18/h5-9,16-17H,3-4,10-15H2,1-2H3,(H,25,32). The minimum absolute atomic E-state index is 0.0589. The number of aromatic nitrogens is 4. The van der Waals surface area contributed by atoms with E-state index >= 15 is 0 Å². The van der Waals surface area contributed by atoms with Gasteiger partial charge in [-0.1, -0.05) is 37.6 Å². The van der Waals surface area contributed by atoms with Crippen LogP contribution in [-0.4, -0.2) is 69.9 Å². The summed E-state index contributed by atoms with van der Waals surface area (Å²) < 4.78 is 1.76. The first-order chi connectivity index (χ1) is 15.6. The molecule has 8 nitrogen and oxygen atoms in total. The SMILES string of the molecule is CCN(CC)CCNC(=O)C1CCN(c2ccc3nnc(-c4cccc(Cl)c4)n3n2)CC1. The lowest BCUT2D eigenvalue weighted by Crippen LogP contribution is -2.43. The highest BCUT2D eigenvalue weighted by Crippen LogP contribution is 2.25. The Labute approximate surface area is 193 Å². The third-order valence-electron chi connectivity index (χ3n) is 6.14. The van der Waals surface area contributed by atoms with Crippen molar-refractivity contribution in [1.82, 2.24) is 30.0 Å². The van der Waals surface area contributed by atoms with Gasteiger partial charge in [0.15, 0.2) is 11.5 Å². The predicted molar refractivity (Wildman–Crippen MR) is 127 cm³/mol. The van der Waals surface area contributed by atoms with Crippen molar-refractivity contribution in [2.45, 2.75) is 26.7 Å². The van der Waals surface area contributed by atoms with Gasteiger partial charge in [0.25, 0.3) is 0 Å². The van der Waals surface area contributed by atoms with Gasteiger partial charge in [0, 0.05) is 42.7 Å². The molecule has 1 aliphatic rings. The number of nitrogens with zero attached hydrogens (tertiary/aromatic N) is 6. The second-order valence-corrected chi connectivity index (χ2v) is 8.51. The average Bonchev–Trinajstić information content (AvgIpc) is 3.25. The van der Waals surface area contributed by atoms with Gasteiger partial charge in [-0.15, -0.1) is 15.3 Å². The van der Waals surface area contributed by atoms with E-state index in [4.69, 9.17) is 16.7 Å². The number of amides is 1. The zero-order valence-corrected chi connectivity index (χ0v) is 19.4. The minimum atomic E-state index is 0.0589. The number of likely N-dealkylation sites (N-methyl/N-ethyl adjacent to an activating group) is 1. The summed E-state index contributed by atoms with van der Waals surface area (Å²) in [4.78, 5) is 17.1. The Bertz CT molecular complexity index is 1060. The molecule has 1 aromatic carbocycles. The minimum Gasteiger partial charge on any atom is -0.355 e. The molecule has 3 heterocycles. The van der Waals surface area contributed by atoms with Crippen molar-refractivity contribution in [3.05, 3.63) is 41.4 Å². The molecule has 0 spiro atoms. The fourth-order valence-corrected chi connectivity index (χ4v) is 4.34. The van der Waals surface area contributed by atoms with Crippen LogP contribution in [0.4, 0.5) is 5.82 Å². The van der Waals surface area contributed by atoms with E-state index in [-0.39, 0.29) is 11.8 Å². The molecule has 0 aliphatic carbocycles. The van der Waals surface area contributed by atoms with E-state index in [1.54, 1.807) is 4.52 Å². The Morgan fingerprint density at radius 2 is 1.94 bits per heavy atom. The second-order valence-electron chi connectivity index (χ2n) is 8.07. The van der Waals surface area contributed by atoms with Crippen LogP contribution in [-0.2, 0) is 4.79 Å². The summed E-state index contributed by atoms with van der Waals surface area (Å²) in [5, 5.41) is 17.1. The fourth-order valence-electron chi connectivity index (χ4n) is 4.15.